The molecule has 0 aliphatic carbocycles. The predicted octanol–water partition coefficient (Wildman–Crippen LogP) is 6.28. The first-order valence-electron chi connectivity index (χ1n) is 20.2. The van der Waals surface area contributed by atoms with E-state index >= 15 is 4.39 Å². The van der Waals surface area contributed by atoms with Gasteiger partial charge in [0.15, 0.2) is 0 Å². The van der Waals surface area contributed by atoms with Gasteiger partial charge in [0, 0.05) is 61.6 Å². The average Bonchev–Trinajstić information content (AvgIpc) is 4.09. The summed E-state index contributed by atoms with van der Waals surface area (Å²) in [6, 6.07) is 6.84. The van der Waals surface area contributed by atoms with Crippen molar-refractivity contribution in [3.63, 3.8) is 0 Å². The number of hydrogen-bond donors (Lipinski definition) is 3. The fourth-order valence-electron chi connectivity index (χ4n) is 8.47. The summed E-state index contributed by atoms with van der Waals surface area (Å²) in [6.45, 7) is 6.66. The molecular weight excluding hydrogens is 762 g/mol. The standard InChI is InChI=1S/C43H52FN7O8/c1-7-23(2)37(48-42(54)57-5)40(52)50-14-8-10-33(50)31-19-28(21-45-31)29-20-36-27(18-30(29)44)17-26-16-25(12-13-35(26)59-36)32-22-46-39(47-32)34-11-9-15-51(34)41(53)38(24(3)56-4)49-43(55)58-6/h12-13,16,18,20-24,33-34,37-38H,7-11,14-15,17,19H2,1-6H3,(H,46,47)(H,48,54)(H,49,55)/t23-,24+,33-,34-,37-,38-/m0/s1. The van der Waals surface area contributed by atoms with Crippen LogP contribution >= 0.6 is 0 Å². The van der Waals surface area contributed by atoms with Crippen LogP contribution in [-0.4, -0.2) is 108 Å². The van der Waals surface area contributed by atoms with E-state index in [4.69, 9.17) is 23.9 Å². The van der Waals surface area contributed by atoms with Crippen LogP contribution in [0.4, 0.5) is 14.0 Å². The number of rotatable bonds is 12. The molecule has 15 nitrogen and oxygen atoms in total. The maximum absolute atomic E-state index is 15.9. The van der Waals surface area contributed by atoms with Gasteiger partial charge in [-0.05, 0) is 80.0 Å². The molecule has 59 heavy (non-hydrogen) atoms. The Bertz CT molecular complexity index is 2170. The lowest BCUT2D eigenvalue weighted by molar-refractivity contribution is -0.137. The highest BCUT2D eigenvalue weighted by molar-refractivity contribution is 6.04. The molecule has 6 atom stereocenters. The van der Waals surface area contributed by atoms with Crippen LogP contribution in [0.5, 0.6) is 11.5 Å². The number of methoxy groups -OCH3 is 3. The van der Waals surface area contributed by atoms with Crippen LogP contribution in [0, 0.1) is 11.7 Å². The van der Waals surface area contributed by atoms with E-state index in [0.717, 1.165) is 41.8 Å². The number of fused-ring (bicyclic) bond motifs is 2. The number of benzene rings is 2. The Kier molecular flexibility index (Phi) is 12.4. The number of carbonyl (C=O) groups is 4. The molecule has 2 saturated heterocycles. The fourth-order valence-corrected chi connectivity index (χ4v) is 8.47. The van der Waals surface area contributed by atoms with Crippen LogP contribution in [0.15, 0.2) is 47.7 Å². The number of hydrogen-bond acceptors (Lipinski definition) is 10. The second-order valence-electron chi connectivity index (χ2n) is 15.6. The van der Waals surface area contributed by atoms with E-state index in [0.29, 0.717) is 72.8 Å². The maximum Gasteiger partial charge on any atom is 0.407 e. The summed E-state index contributed by atoms with van der Waals surface area (Å²) in [4.78, 5) is 67.9. The number of carbonyl (C=O) groups excluding carboxylic acids is 4. The van der Waals surface area contributed by atoms with Crippen molar-refractivity contribution >= 4 is 35.3 Å². The normalized spacial score (nSPS) is 20.3. The van der Waals surface area contributed by atoms with Crippen molar-refractivity contribution in [2.45, 2.75) is 96.0 Å². The largest absolute Gasteiger partial charge is 0.457 e. The third-order valence-electron chi connectivity index (χ3n) is 12.1. The number of likely N-dealkylation sites (tertiary alicyclic amines) is 2. The summed E-state index contributed by atoms with van der Waals surface area (Å²) in [6.07, 6.45) is 6.00. The van der Waals surface area contributed by atoms with Crippen LogP contribution in [-0.2, 0) is 30.2 Å². The Morgan fingerprint density at radius 2 is 1.56 bits per heavy atom. The van der Waals surface area contributed by atoms with Gasteiger partial charge in [-0.25, -0.2) is 19.0 Å². The molecule has 16 heteroatoms. The first-order chi connectivity index (χ1) is 28.4. The summed E-state index contributed by atoms with van der Waals surface area (Å²) in [5.74, 6) is 0.928. The predicted molar refractivity (Wildman–Crippen MR) is 216 cm³/mol. The van der Waals surface area contributed by atoms with E-state index < -0.39 is 30.4 Å². The molecule has 3 N–H and O–H groups in total. The molecule has 2 aromatic carbocycles. The second-order valence-corrected chi connectivity index (χ2v) is 15.6. The van der Waals surface area contributed by atoms with Gasteiger partial charge in [0.25, 0.3) is 0 Å². The van der Waals surface area contributed by atoms with Crippen molar-refractivity contribution in [3.8, 4) is 22.8 Å². The molecule has 2 fully saturated rings. The van der Waals surface area contributed by atoms with Gasteiger partial charge in [0.2, 0.25) is 11.8 Å². The van der Waals surface area contributed by atoms with Gasteiger partial charge >= 0.3 is 12.2 Å². The molecule has 4 aliphatic heterocycles. The number of H-pyrrole nitrogens is 1. The van der Waals surface area contributed by atoms with Crippen molar-refractivity contribution in [1.82, 2.24) is 30.4 Å². The van der Waals surface area contributed by atoms with E-state index in [2.05, 4.69) is 20.6 Å². The van der Waals surface area contributed by atoms with Gasteiger partial charge < -0.3 is 44.4 Å². The Morgan fingerprint density at radius 1 is 0.898 bits per heavy atom. The van der Waals surface area contributed by atoms with Crippen molar-refractivity contribution in [1.29, 1.82) is 0 Å². The number of amides is 4. The number of nitrogens with zero attached hydrogens (tertiary/aromatic N) is 4. The number of alkyl carbamates (subject to hydrolysis) is 2. The molecule has 3 aromatic rings. The average molecular weight is 814 g/mol. The molecule has 7 rings (SSSR count). The maximum atomic E-state index is 15.9. The summed E-state index contributed by atoms with van der Waals surface area (Å²) in [7, 11) is 4.00. The topological polar surface area (TPSA) is 177 Å². The first-order valence-corrected chi connectivity index (χ1v) is 20.2. The third-order valence-corrected chi connectivity index (χ3v) is 12.1. The van der Waals surface area contributed by atoms with E-state index in [1.54, 1.807) is 35.2 Å². The molecule has 0 spiro atoms. The fraction of sp³-hybridized carbons (Fsp3) is 0.488. The minimum atomic E-state index is -0.931. The minimum Gasteiger partial charge on any atom is -0.457 e. The molecule has 314 valence electrons. The number of aromatic amines is 1. The Labute approximate surface area is 342 Å². The van der Waals surface area contributed by atoms with Crippen molar-refractivity contribution < 1.29 is 42.5 Å². The zero-order chi connectivity index (χ0) is 42.0. The first kappa shape index (κ1) is 41.4. The van der Waals surface area contributed by atoms with Gasteiger partial charge in [-0.3, -0.25) is 14.6 Å². The van der Waals surface area contributed by atoms with Crippen molar-refractivity contribution in [3.05, 3.63) is 71.1 Å². The molecule has 1 aromatic heterocycles. The van der Waals surface area contributed by atoms with Crippen LogP contribution < -0.4 is 15.4 Å². The number of allylic oxidation sites excluding steroid dienone is 1. The third kappa shape index (κ3) is 8.40. The van der Waals surface area contributed by atoms with Crippen molar-refractivity contribution in [2.75, 3.05) is 34.4 Å². The molecule has 4 amide bonds. The van der Waals surface area contributed by atoms with Gasteiger partial charge in [0.1, 0.15) is 35.2 Å². The van der Waals surface area contributed by atoms with Crippen molar-refractivity contribution in [2.24, 2.45) is 10.9 Å². The van der Waals surface area contributed by atoms with Crippen LogP contribution in [0.25, 0.3) is 16.8 Å². The number of ether oxygens (including phenoxy) is 4. The molecule has 0 bridgehead atoms. The number of imidazole rings is 1. The summed E-state index contributed by atoms with van der Waals surface area (Å²) in [5.41, 5.74) is 5.10. The van der Waals surface area contributed by atoms with E-state index in [1.165, 1.54) is 27.4 Å². The van der Waals surface area contributed by atoms with Crippen LogP contribution in [0.1, 0.15) is 87.9 Å². The number of aromatic nitrogens is 2. The van der Waals surface area contributed by atoms with Gasteiger partial charge in [0.05, 0.1) is 44.3 Å². The van der Waals surface area contributed by atoms with Gasteiger partial charge in [-0.2, -0.15) is 0 Å². The minimum absolute atomic E-state index is 0.0995. The van der Waals surface area contributed by atoms with Crippen LogP contribution in [0.2, 0.25) is 0 Å². The number of aliphatic imine (C=N–C) groups is 1. The summed E-state index contributed by atoms with van der Waals surface area (Å²) >= 11 is 0. The zero-order valence-electron chi connectivity index (χ0n) is 34.3. The molecule has 0 radical (unpaired) electrons. The highest BCUT2D eigenvalue weighted by Crippen LogP contribution is 2.42. The molecule has 4 aliphatic rings. The molecule has 0 saturated carbocycles. The summed E-state index contributed by atoms with van der Waals surface area (Å²) in [5, 5.41) is 5.33. The zero-order valence-corrected chi connectivity index (χ0v) is 34.3. The SMILES string of the molecule is CC[C@H](C)[C@H](NC(=O)OC)C(=O)N1CCC[C@H]1C1=NC=C(c2cc3c(cc2F)Cc2cc(-c4cnc([C@@H]5CCCN5C(=O)[C@@H](NC(=O)OC)[C@@H](C)OC)[nH]4)ccc2O3)C1. The van der Waals surface area contributed by atoms with E-state index in [-0.39, 0.29) is 35.6 Å². The number of nitrogens with one attached hydrogen (secondary N) is 3. The number of halogens is 1. The molecule has 5 heterocycles. The molecular formula is C43H52FN7O8. The smallest absolute Gasteiger partial charge is 0.407 e. The highest BCUT2D eigenvalue weighted by atomic mass is 19.1. The second kappa shape index (κ2) is 17.6. The Hall–Kier alpha value is -5.77. The summed E-state index contributed by atoms with van der Waals surface area (Å²) < 4.78 is 37.2. The Morgan fingerprint density at radius 3 is 2.25 bits per heavy atom. The quantitative estimate of drug-likeness (QED) is 0.149. The monoisotopic (exact) mass is 813 g/mol. The lowest BCUT2D eigenvalue weighted by Gasteiger charge is -2.31. The lowest BCUT2D eigenvalue weighted by Crippen LogP contribution is -2.54. The van der Waals surface area contributed by atoms with Gasteiger partial charge in [-0.15, -0.1) is 0 Å². The lowest BCUT2D eigenvalue weighted by atomic mass is 9.93. The van der Waals surface area contributed by atoms with Crippen LogP contribution in [0.3, 0.4) is 0 Å². The molecule has 0 unspecified atom stereocenters. The Balaban J connectivity index is 1.02. The van der Waals surface area contributed by atoms with E-state index in [9.17, 15) is 19.2 Å². The highest BCUT2D eigenvalue weighted by Gasteiger charge is 2.40. The van der Waals surface area contributed by atoms with E-state index in [1.807, 2.05) is 32.0 Å². The van der Waals surface area contributed by atoms with Gasteiger partial charge in [-0.1, -0.05) is 20.3 Å².